The van der Waals surface area contributed by atoms with E-state index in [0.717, 1.165) is 11.8 Å². The van der Waals surface area contributed by atoms with E-state index in [2.05, 4.69) is 10.1 Å². The summed E-state index contributed by atoms with van der Waals surface area (Å²) in [5, 5.41) is 5.77. The summed E-state index contributed by atoms with van der Waals surface area (Å²) < 4.78 is 26.2. The Morgan fingerprint density at radius 1 is 1.22 bits per heavy atom. The third-order valence-electron chi connectivity index (χ3n) is 2.65. The van der Waals surface area contributed by atoms with Gasteiger partial charge in [-0.05, 0) is 12.1 Å². The van der Waals surface area contributed by atoms with Crippen LogP contribution in [0.2, 0.25) is 0 Å². The van der Waals surface area contributed by atoms with E-state index in [1.807, 2.05) is 5.38 Å². The van der Waals surface area contributed by atoms with E-state index in [-0.39, 0.29) is 0 Å². The Hall–Kier alpha value is -1.82. The average molecular weight is 266 g/mol. The predicted octanol–water partition coefficient (Wildman–Crippen LogP) is 3.29. The van der Waals surface area contributed by atoms with Gasteiger partial charge in [0.2, 0.25) is 0 Å². The Balaban J connectivity index is 1.81. The van der Waals surface area contributed by atoms with Crippen LogP contribution in [0.25, 0.3) is 0 Å². The fourth-order valence-electron chi connectivity index (χ4n) is 1.82. The van der Waals surface area contributed by atoms with Crippen LogP contribution in [-0.4, -0.2) is 10.7 Å². The zero-order valence-corrected chi connectivity index (χ0v) is 9.95. The summed E-state index contributed by atoms with van der Waals surface area (Å²) in [6, 6.07) is 3.35. The number of hydrogen-bond acceptors (Lipinski definition) is 4. The predicted molar refractivity (Wildman–Crippen MR) is 63.5 cm³/mol. The lowest BCUT2D eigenvalue weighted by atomic mass is 10.0. The zero-order valence-electron chi connectivity index (χ0n) is 9.14. The van der Waals surface area contributed by atoms with Crippen molar-refractivity contribution in [2.75, 3.05) is 0 Å². The molecule has 3 rings (SSSR count). The molecule has 0 spiro atoms. The van der Waals surface area contributed by atoms with Gasteiger partial charge in [-0.1, -0.05) is 5.16 Å². The maximum Gasteiger partial charge on any atom is 0.158 e. The lowest BCUT2D eigenvalue weighted by molar-refractivity contribution is 0.0852. The van der Waals surface area contributed by atoms with Crippen molar-refractivity contribution in [3.63, 3.8) is 0 Å². The van der Waals surface area contributed by atoms with Gasteiger partial charge >= 0.3 is 0 Å². The molecule has 1 aliphatic rings. The Kier molecular flexibility index (Phi) is 2.79. The van der Waals surface area contributed by atoms with Crippen molar-refractivity contribution in [2.45, 2.75) is 12.5 Å². The number of thiazole rings is 1. The molecule has 2 heterocycles. The molecule has 1 unspecified atom stereocenters. The monoisotopic (exact) mass is 266 g/mol. The number of rotatable bonds is 2. The average Bonchev–Trinajstić information content (AvgIpc) is 2.99. The minimum Gasteiger partial charge on any atom is -0.387 e. The topological polar surface area (TPSA) is 34.5 Å². The minimum atomic E-state index is -0.615. The van der Waals surface area contributed by atoms with Crippen LogP contribution < -0.4 is 0 Å². The molecule has 0 radical (unpaired) electrons. The Morgan fingerprint density at radius 3 is 2.67 bits per heavy atom. The molecule has 0 aliphatic carbocycles. The molecule has 1 aliphatic heterocycles. The first-order chi connectivity index (χ1) is 8.72. The van der Waals surface area contributed by atoms with E-state index in [9.17, 15) is 8.78 Å². The van der Waals surface area contributed by atoms with Gasteiger partial charge in [0.1, 0.15) is 17.3 Å². The van der Waals surface area contributed by atoms with Gasteiger partial charge in [-0.3, -0.25) is 0 Å². The standard InChI is InChI=1S/C12H8F2N2OS/c13-8-1-7(2-9(14)3-8)12-4-10(16-17-12)11-5-18-6-15-11/h1-3,5-6,12H,4H2. The minimum absolute atomic E-state index is 0.446. The summed E-state index contributed by atoms with van der Waals surface area (Å²) >= 11 is 1.46. The lowest BCUT2D eigenvalue weighted by Crippen LogP contribution is -2.02. The highest BCUT2D eigenvalue weighted by molar-refractivity contribution is 7.07. The SMILES string of the molecule is Fc1cc(F)cc(C2CC(c3cscn3)=NO2)c1. The van der Waals surface area contributed by atoms with Crippen molar-refractivity contribution in [2.24, 2.45) is 5.16 Å². The molecule has 0 N–H and O–H groups in total. The number of nitrogens with zero attached hydrogens (tertiary/aromatic N) is 2. The second kappa shape index (κ2) is 4.45. The van der Waals surface area contributed by atoms with E-state index >= 15 is 0 Å². The first kappa shape index (κ1) is 11.3. The number of aromatic nitrogens is 1. The van der Waals surface area contributed by atoms with Crippen LogP contribution in [0.5, 0.6) is 0 Å². The third kappa shape index (κ3) is 2.11. The first-order valence-electron chi connectivity index (χ1n) is 5.29. The molecule has 1 atom stereocenters. The maximum atomic E-state index is 13.1. The smallest absolute Gasteiger partial charge is 0.158 e. The number of halogens is 2. The van der Waals surface area contributed by atoms with Gasteiger partial charge in [0, 0.05) is 23.4 Å². The molecule has 0 bridgehead atoms. The van der Waals surface area contributed by atoms with Gasteiger partial charge in [0.25, 0.3) is 0 Å². The van der Waals surface area contributed by atoms with E-state index in [0.29, 0.717) is 17.7 Å². The zero-order chi connectivity index (χ0) is 12.5. The van der Waals surface area contributed by atoms with Crippen molar-refractivity contribution in [1.29, 1.82) is 0 Å². The summed E-state index contributed by atoms with van der Waals surface area (Å²) in [6.45, 7) is 0. The molecule has 2 aromatic rings. The molecule has 1 aromatic carbocycles. The van der Waals surface area contributed by atoms with Gasteiger partial charge in [0.15, 0.2) is 6.10 Å². The van der Waals surface area contributed by atoms with Crippen LogP contribution in [0.15, 0.2) is 34.2 Å². The van der Waals surface area contributed by atoms with Crippen molar-refractivity contribution in [3.8, 4) is 0 Å². The normalized spacial score (nSPS) is 18.6. The Morgan fingerprint density at radius 2 is 2.00 bits per heavy atom. The van der Waals surface area contributed by atoms with Crippen LogP contribution in [0.4, 0.5) is 8.78 Å². The molecule has 0 saturated carbocycles. The molecule has 3 nitrogen and oxygen atoms in total. The highest BCUT2D eigenvalue weighted by Gasteiger charge is 2.25. The quantitative estimate of drug-likeness (QED) is 0.836. The fraction of sp³-hybridized carbons (Fsp3) is 0.167. The van der Waals surface area contributed by atoms with Crippen molar-refractivity contribution in [3.05, 3.63) is 52.0 Å². The highest BCUT2D eigenvalue weighted by atomic mass is 32.1. The van der Waals surface area contributed by atoms with Gasteiger partial charge in [0.05, 0.1) is 11.2 Å². The number of hydrogen-bond donors (Lipinski definition) is 0. The van der Waals surface area contributed by atoms with Crippen LogP contribution in [0.1, 0.15) is 23.8 Å². The lowest BCUT2D eigenvalue weighted by Gasteiger charge is -2.08. The van der Waals surface area contributed by atoms with E-state index in [1.54, 1.807) is 5.51 Å². The fourth-order valence-corrected chi connectivity index (χ4v) is 2.38. The van der Waals surface area contributed by atoms with Crippen LogP contribution in [-0.2, 0) is 4.84 Å². The molecule has 0 saturated heterocycles. The van der Waals surface area contributed by atoms with Gasteiger partial charge < -0.3 is 4.84 Å². The molecule has 1 aromatic heterocycles. The second-order valence-electron chi connectivity index (χ2n) is 3.91. The Labute approximate surface area is 106 Å². The molecule has 0 fully saturated rings. The van der Waals surface area contributed by atoms with Crippen molar-refractivity contribution < 1.29 is 13.6 Å². The second-order valence-corrected chi connectivity index (χ2v) is 4.63. The first-order valence-corrected chi connectivity index (χ1v) is 6.24. The molecule has 92 valence electrons. The van der Waals surface area contributed by atoms with Crippen LogP contribution in [0.3, 0.4) is 0 Å². The van der Waals surface area contributed by atoms with E-state index in [4.69, 9.17) is 4.84 Å². The van der Waals surface area contributed by atoms with Crippen molar-refractivity contribution in [1.82, 2.24) is 4.98 Å². The summed E-state index contributed by atoms with van der Waals surface area (Å²) in [6.07, 6.45) is 0.0130. The summed E-state index contributed by atoms with van der Waals surface area (Å²) in [4.78, 5) is 9.33. The largest absolute Gasteiger partial charge is 0.387 e. The van der Waals surface area contributed by atoms with Gasteiger partial charge in [-0.15, -0.1) is 11.3 Å². The summed E-state index contributed by atoms with van der Waals surface area (Å²) in [7, 11) is 0. The number of benzene rings is 1. The van der Waals surface area contributed by atoms with Crippen LogP contribution >= 0.6 is 11.3 Å². The highest BCUT2D eigenvalue weighted by Crippen LogP contribution is 2.30. The van der Waals surface area contributed by atoms with Crippen molar-refractivity contribution >= 4 is 17.0 Å². The molecule has 0 amide bonds. The summed E-state index contributed by atoms with van der Waals surface area (Å²) in [5.74, 6) is -1.23. The van der Waals surface area contributed by atoms with Gasteiger partial charge in [-0.2, -0.15) is 0 Å². The van der Waals surface area contributed by atoms with E-state index < -0.39 is 17.7 Å². The number of oxime groups is 1. The summed E-state index contributed by atoms with van der Waals surface area (Å²) in [5.41, 5.74) is 3.60. The van der Waals surface area contributed by atoms with Crippen LogP contribution in [0, 0.1) is 11.6 Å². The molecule has 18 heavy (non-hydrogen) atoms. The molecular formula is C12H8F2N2OS. The maximum absolute atomic E-state index is 13.1. The molecule has 6 heteroatoms. The van der Waals surface area contributed by atoms with Gasteiger partial charge in [-0.25, -0.2) is 13.8 Å². The van der Waals surface area contributed by atoms with E-state index in [1.165, 1.54) is 23.5 Å². The molecular weight excluding hydrogens is 258 g/mol. The Bertz CT molecular complexity index is 578. The third-order valence-corrected chi connectivity index (χ3v) is 3.24.